The zero-order valence-electron chi connectivity index (χ0n) is 79.2. The number of ether oxygens (including phenoxy) is 6. The van der Waals surface area contributed by atoms with Gasteiger partial charge in [-0.1, -0.05) is 75.7 Å². The Kier molecular flexibility index (Phi) is 34.0. The van der Waals surface area contributed by atoms with Gasteiger partial charge < -0.3 is 64.0 Å². The van der Waals surface area contributed by atoms with E-state index in [1.165, 1.54) is 36.0 Å². The number of hydrogen-bond donors (Lipinski definition) is 3. The number of fused-ring (bicyclic) bond motifs is 2. The molecular formula is C97H133Cl2F2N15O13S. The summed E-state index contributed by atoms with van der Waals surface area (Å²) in [6, 6.07) is 27.0. The molecule has 3 saturated heterocycles. The number of piperazine rings is 2. The van der Waals surface area contributed by atoms with Crippen molar-refractivity contribution >= 4 is 97.5 Å². The van der Waals surface area contributed by atoms with Crippen molar-refractivity contribution in [1.29, 1.82) is 0 Å². The maximum Gasteiger partial charge on any atom is 0.410 e. The number of carbonyl (C=O) groups is 5. The van der Waals surface area contributed by atoms with Gasteiger partial charge in [0.1, 0.15) is 33.6 Å². The van der Waals surface area contributed by atoms with Crippen LogP contribution in [0.25, 0.3) is 0 Å². The number of nitrogens with zero attached hydrogens (tertiary/aromatic N) is 12. The summed E-state index contributed by atoms with van der Waals surface area (Å²) in [5.41, 5.74) is 9.81. The summed E-state index contributed by atoms with van der Waals surface area (Å²) >= 11 is 12.9. The maximum atomic E-state index is 14.5. The summed E-state index contributed by atoms with van der Waals surface area (Å²) in [5.74, 6) is 0.855. The summed E-state index contributed by atoms with van der Waals surface area (Å²) in [5, 5.41) is 9.06. The number of benzene rings is 4. The van der Waals surface area contributed by atoms with Gasteiger partial charge in [-0.2, -0.15) is 4.98 Å². The van der Waals surface area contributed by atoms with Crippen LogP contribution in [0, 0.1) is 18.6 Å². The van der Waals surface area contributed by atoms with Crippen molar-refractivity contribution in [3.63, 3.8) is 0 Å². The molecule has 0 unspecified atom stereocenters. The molecule has 3 fully saturated rings. The lowest BCUT2D eigenvalue weighted by atomic mass is 9.86. The SMILES string of the molecule is COC[C@H]1CN(C(=O)OC(C)(C)C)[C@H](C)CN1CC(=O)N1CC(C)(C)c2nc(CCl)c(Cc3ccc(F)cc3)cc21.COC[C@H]1CN(C(=O)OC(C)(C)C)[C@H](C)CN1CC(=O)N1CC(C)(C)c2nc(CN(C)CCOCCNC(=O)CN3CCC(c4cc(OC(C)C)c(Nc5ncc(Cl)c(Nc6ccccc6S(=O)(=O)C(C)C)n5)cc4C)CC3)c(Cc3ccc(F)cc3)cc21. The van der Waals surface area contributed by atoms with Gasteiger partial charge in [0.25, 0.3) is 0 Å². The van der Waals surface area contributed by atoms with E-state index in [0.29, 0.717) is 115 Å². The highest BCUT2D eigenvalue weighted by Crippen LogP contribution is 2.45. The number of piperidine rings is 1. The van der Waals surface area contributed by atoms with Gasteiger partial charge in [-0.05, 0) is 236 Å². The van der Waals surface area contributed by atoms with Crippen LogP contribution in [-0.2, 0) is 84.0 Å². The molecule has 0 spiro atoms. The minimum atomic E-state index is -3.60. The van der Waals surface area contributed by atoms with Gasteiger partial charge in [0.15, 0.2) is 15.7 Å². The third-order valence-electron chi connectivity index (χ3n) is 24.0. The number of rotatable bonds is 32. The molecule has 708 valence electrons. The summed E-state index contributed by atoms with van der Waals surface area (Å²) in [7, 11) is 1.65. The minimum absolute atomic E-state index is 0.0380. The van der Waals surface area contributed by atoms with Crippen LogP contribution in [0.1, 0.15) is 186 Å². The van der Waals surface area contributed by atoms with Crippen molar-refractivity contribution in [3.05, 3.63) is 176 Å². The van der Waals surface area contributed by atoms with Crippen LogP contribution >= 0.6 is 23.2 Å². The van der Waals surface area contributed by atoms with Gasteiger partial charge in [-0.15, -0.1) is 11.6 Å². The van der Waals surface area contributed by atoms with E-state index in [0.717, 1.165) is 87.9 Å². The van der Waals surface area contributed by atoms with E-state index in [1.807, 2.05) is 98.2 Å². The first kappa shape index (κ1) is 101. The first-order valence-corrected chi connectivity index (χ1v) is 47.4. The average Bonchev–Trinajstić information content (AvgIpc) is 1.60. The van der Waals surface area contributed by atoms with Crippen LogP contribution in [0.5, 0.6) is 5.75 Å². The summed E-state index contributed by atoms with van der Waals surface area (Å²) < 4.78 is 88.8. The molecule has 28 nitrogen and oxygen atoms in total. The lowest BCUT2D eigenvalue weighted by Gasteiger charge is -2.45. The Labute approximate surface area is 776 Å². The van der Waals surface area contributed by atoms with Crippen molar-refractivity contribution in [2.75, 3.05) is 153 Å². The van der Waals surface area contributed by atoms with E-state index in [-0.39, 0.29) is 130 Å². The molecule has 0 saturated carbocycles. The van der Waals surface area contributed by atoms with Gasteiger partial charge in [0, 0.05) is 96.0 Å². The largest absolute Gasteiger partial charge is 0.489 e. The van der Waals surface area contributed by atoms with Crippen molar-refractivity contribution in [1.82, 2.24) is 54.7 Å². The normalized spacial score (nSPS) is 18.5. The fraction of sp³-hybridized carbons (Fsp3) is 0.557. The van der Waals surface area contributed by atoms with Gasteiger partial charge in [0.05, 0.1) is 132 Å². The molecule has 5 amide bonds. The number of halogens is 4. The van der Waals surface area contributed by atoms with E-state index in [4.69, 9.17) is 61.6 Å². The van der Waals surface area contributed by atoms with Crippen LogP contribution in [0.3, 0.4) is 0 Å². The Morgan fingerprint density at radius 1 is 0.654 bits per heavy atom. The third-order valence-corrected chi connectivity index (χ3v) is 26.7. The van der Waals surface area contributed by atoms with E-state index in [2.05, 4.69) is 92.3 Å². The Bertz CT molecular complexity index is 5230. The Balaban J connectivity index is 0.000000331. The zero-order valence-corrected chi connectivity index (χ0v) is 81.5. The number of amides is 5. The number of sulfone groups is 1. The van der Waals surface area contributed by atoms with E-state index in [9.17, 15) is 41.2 Å². The third kappa shape index (κ3) is 26.4. The molecule has 12 rings (SSSR count). The number of nitrogens with one attached hydrogen (secondary N) is 3. The number of aryl methyl sites for hydroxylation is 1. The number of anilines is 6. The second kappa shape index (κ2) is 43.6. The standard InChI is InChI=1S/C66H91ClFN11O9S.C31H42ClFN4O4/c1-42(2)87-57-33-51(44(5)30-54(57)73-63-70-34-52(67)62(74-63)72-53-16-14-15-17-58(53)89(83,84)43(3)4)47-22-25-76(26-23-47)38-59(80)69-24-28-86-29-27-75(12)37-55-48(31-46-18-20-49(68)21-19-46)32-56-61(71-55)66(10,11)41-79(56)60(81)39-77-35-45(6)78(36-50(77)40-85-13)64(82)88-65(7,8)9;1-20-15-35(24(18-40-7)16-36(20)29(39)41-30(2,3)4)17-27(38)37-19-31(5,6)28-26(37)13-22(25(14-32)34-28)12-21-8-10-23(33)11-9-21/h14-21,30,32-34,42-43,45,47,50H,22-29,31,35-41H2,1-13H3,(H,69,80)(H2,70,72,73,74);8-11,13,20,24H,12,14-19H2,1-7H3/t45-,50-;20-,24-/m11/s1. The molecule has 0 aliphatic carbocycles. The van der Waals surface area contributed by atoms with Crippen molar-refractivity contribution < 1.29 is 69.6 Å². The molecule has 4 aromatic carbocycles. The monoisotopic (exact) mass is 1860 g/mol. The second-order valence-electron chi connectivity index (χ2n) is 38.8. The summed E-state index contributed by atoms with van der Waals surface area (Å²) in [6.07, 6.45) is 3.34. The highest BCUT2D eigenvalue weighted by atomic mass is 35.5. The van der Waals surface area contributed by atoms with Gasteiger partial charge in [-0.3, -0.25) is 44.0 Å². The van der Waals surface area contributed by atoms with E-state index in [1.54, 1.807) is 86.4 Å². The molecule has 5 aliphatic heterocycles. The molecule has 4 atom stereocenters. The molecule has 5 aliphatic rings. The number of hydrogen-bond acceptors (Lipinski definition) is 23. The van der Waals surface area contributed by atoms with Crippen LogP contribution in [0.4, 0.5) is 52.9 Å². The molecular weight excluding hydrogens is 1720 g/mol. The quantitative estimate of drug-likeness (QED) is 0.0261. The Morgan fingerprint density at radius 2 is 1.16 bits per heavy atom. The predicted molar refractivity (Wildman–Crippen MR) is 504 cm³/mol. The van der Waals surface area contributed by atoms with Crippen molar-refractivity contribution in [3.8, 4) is 5.75 Å². The van der Waals surface area contributed by atoms with Crippen LogP contribution < -0.4 is 30.5 Å². The second-order valence-corrected chi connectivity index (χ2v) is 41.9. The number of alkyl halides is 1. The summed E-state index contributed by atoms with van der Waals surface area (Å²) in [4.78, 5) is 103. The van der Waals surface area contributed by atoms with E-state index >= 15 is 0 Å². The number of aromatic nitrogens is 4. The number of carbonyl (C=O) groups excluding carboxylic acids is 5. The molecule has 3 N–H and O–H groups in total. The fourth-order valence-electron chi connectivity index (χ4n) is 17.3. The molecule has 3 aromatic heterocycles. The smallest absolute Gasteiger partial charge is 0.410 e. The Morgan fingerprint density at radius 3 is 1.65 bits per heavy atom. The topological polar surface area (TPSA) is 288 Å². The molecule has 0 bridgehead atoms. The molecule has 8 heterocycles. The lowest BCUT2D eigenvalue weighted by Crippen LogP contribution is -2.62. The van der Waals surface area contributed by atoms with Gasteiger partial charge in [-0.25, -0.2) is 31.8 Å². The highest BCUT2D eigenvalue weighted by Gasteiger charge is 2.46. The number of likely N-dealkylation sites (N-methyl/N-ethyl adjacent to an activating group) is 1. The van der Waals surface area contributed by atoms with Gasteiger partial charge >= 0.3 is 12.2 Å². The minimum Gasteiger partial charge on any atom is -0.489 e. The molecule has 7 aromatic rings. The van der Waals surface area contributed by atoms with Crippen molar-refractivity contribution in [2.45, 2.75) is 224 Å². The maximum absolute atomic E-state index is 14.5. The number of methoxy groups -OCH3 is 2. The fourth-order valence-corrected chi connectivity index (χ4v) is 18.9. The van der Waals surface area contributed by atoms with Gasteiger partial charge in [0.2, 0.25) is 23.7 Å². The Hall–Kier alpha value is -9.28. The van der Waals surface area contributed by atoms with E-state index < -0.39 is 31.7 Å². The predicted octanol–water partition coefficient (Wildman–Crippen LogP) is 15.2. The first-order chi connectivity index (χ1) is 61.3. The highest BCUT2D eigenvalue weighted by molar-refractivity contribution is 7.92. The zero-order chi connectivity index (χ0) is 94.6. The van der Waals surface area contributed by atoms with Crippen LogP contribution in [-0.4, -0.2) is 267 Å². The van der Waals surface area contributed by atoms with Crippen LogP contribution in [0.2, 0.25) is 5.02 Å². The van der Waals surface area contributed by atoms with Crippen molar-refractivity contribution in [2.24, 2.45) is 0 Å². The molecule has 33 heteroatoms. The number of pyridine rings is 2. The molecule has 130 heavy (non-hydrogen) atoms. The number of para-hydroxylation sites is 1. The number of likely N-dealkylation sites (tertiary alicyclic amines) is 1. The molecule has 0 radical (unpaired) electrons. The summed E-state index contributed by atoms with van der Waals surface area (Å²) in [6.45, 7) is 40.5. The van der Waals surface area contributed by atoms with Crippen LogP contribution in [0.15, 0.2) is 108 Å². The average molecular weight is 1860 g/mol. The lowest BCUT2D eigenvalue weighted by molar-refractivity contribution is -0.123. The first-order valence-electron chi connectivity index (χ1n) is 44.9.